The van der Waals surface area contributed by atoms with E-state index < -0.39 is 24.5 Å². The second-order valence-corrected chi connectivity index (χ2v) is 5.89. The molecule has 0 spiro atoms. The van der Waals surface area contributed by atoms with Crippen LogP contribution in [0.4, 0.5) is 5.00 Å². The van der Waals surface area contributed by atoms with Crippen molar-refractivity contribution in [1.29, 1.82) is 0 Å². The van der Waals surface area contributed by atoms with Gasteiger partial charge in [-0.05, 0) is 25.5 Å². The van der Waals surface area contributed by atoms with E-state index in [2.05, 4.69) is 5.32 Å². The number of carbonyl (C=O) groups is 3. The van der Waals surface area contributed by atoms with Gasteiger partial charge < -0.3 is 19.2 Å². The summed E-state index contributed by atoms with van der Waals surface area (Å²) in [5.41, 5.74) is 0.752. The molecule has 25 heavy (non-hydrogen) atoms. The molecule has 0 fully saturated rings. The predicted molar refractivity (Wildman–Crippen MR) is 92.5 cm³/mol. The van der Waals surface area contributed by atoms with E-state index in [4.69, 9.17) is 13.9 Å². The molecule has 2 heterocycles. The number of furan rings is 1. The Kier molecular flexibility index (Phi) is 6.76. The van der Waals surface area contributed by atoms with E-state index in [1.165, 1.54) is 17.6 Å². The molecular weight excluding hydrogens is 346 g/mol. The Hall–Kier alpha value is -2.61. The van der Waals surface area contributed by atoms with Crippen molar-refractivity contribution in [2.24, 2.45) is 0 Å². The zero-order valence-corrected chi connectivity index (χ0v) is 14.8. The fourth-order valence-corrected chi connectivity index (χ4v) is 3.01. The molecule has 0 bridgehead atoms. The lowest BCUT2D eigenvalue weighted by Crippen LogP contribution is -2.21. The molecule has 0 saturated heterocycles. The minimum Gasteiger partial charge on any atom is -0.464 e. The third-order valence-corrected chi connectivity index (χ3v) is 4.02. The van der Waals surface area contributed by atoms with Crippen molar-refractivity contribution in [2.75, 3.05) is 18.5 Å². The number of carbonyl (C=O) groups excluding carboxylic acids is 3. The third kappa shape index (κ3) is 4.93. The van der Waals surface area contributed by atoms with Crippen LogP contribution in [0.25, 0.3) is 11.3 Å². The van der Waals surface area contributed by atoms with Gasteiger partial charge in [0.1, 0.15) is 16.3 Å². The summed E-state index contributed by atoms with van der Waals surface area (Å²) in [5.74, 6) is -1.03. The molecule has 134 valence electrons. The second kappa shape index (κ2) is 9.03. The van der Waals surface area contributed by atoms with Gasteiger partial charge in [-0.2, -0.15) is 0 Å². The molecule has 0 aliphatic heterocycles. The first-order valence-electron chi connectivity index (χ1n) is 7.84. The van der Waals surface area contributed by atoms with Crippen molar-refractivity contribution in [1.82, 2.24) is 0 Å². The van der Waals surface area contributed by atoms with Crippen molar-refractivity contribution in [3.05, 3.63) is 29.3 Å². The Labute approximate surface area is 148 Å². The third-order valence-electron chi connectivity index (χ3n) is 3.13. The molecule has 8 heteroatoms. The summed E-state index contributed by atoms with van der Waals surface area (Å²) < 4.78 is 15.3. The topological polar surface area (TPSA) is 94.8 Å². The highest BCUT2D eigenvalue weighted by molar-refractivity contribution is 7.15. The minimum absolute atomic E-state index is 0.203. The van der Waals surface area contributed by atoms with E-state index in [-0.39, 0.29) is 18.6 Å². The molecule has 0 aliphatic carbocycles. The normalized spacial score (nSPS) is 10.3. The number of anilines is 1. The summed E-state index contributed by atoms with van der Waals surface area (Å²) in [5, 5.41) is 4.61. The molecule has 0 saturated carbocycles. The van der Waals surface area contributed by atoms with Crippen LogP contribution in [0, 0.1) is 0 Å². The van der Waals surface area contributed by atoms with Crippen LogP contribution >= 0.6 is 11.3 Å². The first kappa shape index (κ1) is 18.7. The monoisotopic (exact) mass is 365 g/mol. The van der Waals surface area contributed by atoms with Crippen LogP contribution in [0.5, 0.6) is 0 Å². The maximum Gasteiger partial charge on any atom is 0.341 e. The first-order valence-corrected chi connectivity index (χ1v) is 8.72. The van der Waals surface area contributed by atoms with Crippen LogP contribution in [0.2, 0.25) is 0 Å². The van der Waals surface area contributed by atoms with Crippen LogP contribution in [0.3, 0.4) is 0 Å². The van der Waals surface area contributed by atoms with Gasteiger partial charge >= 0.3 is 11.9 Å². The molecule has 2 aromatic heterocycles. The van der Waals surface area contributed by atoms with Crippen molar-refractivity contribution < 1.29 is 28.3 Å². The van der Waals surface area contributed by atoms with Crippen LogP contribution < -0.4 is 5.32 Å². The lowest BCUT2D eigenvalue weighted by molar-refractivity contribution is -0.147. The lowest BCUT2D eigenvalue weighted by Gasteiger charge is -2.08. The number of ether oxygens (including phenoxy) is 2. The summed E-state index contributed by atoms with van der Waals surface area (Å²) in [6.07, 6.45) is 2.39. The Balaban J connectivity index is 2.16. The number of nitrogens with one attached hydrogen (secondary N) is 1. The van der Waals surface area contributed by atoms with Gasteiger partial charge in [0.05, 0.1) is 12.9 Å². The summed E-state index contributed by atoms with van der Waals surface area (Å²) in [4.78, 5) is 35.6. The molecule has 0 unspecified atom stereocenters. The average Bonchev–Trinajstić information content (AvgIpc) is 3.22. The fraction of sp³-hybridized carbons (Fsp3) is 0.353. The van der Waals surface area contributed by atoms with Crippen LogP contribution in [-0.2, 0) is 19.1 Å². The van der Waals surface area contributed by atoms with Crippen molar-refractivity contribution >= 4 is 34.2 Å². The molecule has 2 rings (SSSR count). The minimum atomic E-state index is -0.562. The van der Waals surface area contributed by atoms with Crippen molar-refractivity contribution in [2.45, 2.75) is 26.7 Å². The number of esters is 2. The van der Waals surface area contributed by atoms with Gasteiger partial charge in [0.25, 0.3) is 5.91 Å². The van der Waals surface area contributed by atoms with Crippen LogP contribution in [-0.4, -0.2) is 31.1 Å². The molecule has 0 aromatic carbocycles. The number of hydrogen-bond donors (Lipinski definition) is 1. The van der Waals surface area contributed by atoms with Crippen molar-refractivity contribution in [3.63, 3.8) is 0 Å². The highest BCUT2D eigenvalue weighted by atomic mass is 32.1. The van der Waals surface area contributed by atoms with Crippen molar-refractivity contribution in [3.8, 4) is 11.3 Å². The van der Waals surface area contributed by atoms with E-state index in [9.17, 15) is 14.4 Å². The lowest BCUT2D eigenvalue weighted by atomic mass is 10.1. The summed E-state index contributed by atoms with van der Waals surface area (Å²) in [6.45, 7) is 3.33. The van der Waals surface area contributed by atoms with Gasteiger partial charge in [-0.1, -0.05) is 6.92 Å². The Bertz CT molecular complexity index is 734. The largest absolute Gasteiger partial charge is 0.464 e. The first-order chi connectivity index (χ1) is 12.1. The van der Waals surface area contributed by atoms with Gasteiger partial charge in [0, 0.05) is 17.4 Å². The molecule has 2 aromatic rings. The second-order valence-electron chi connectivity index (χ2n) is 5.01. The smallest absolute Gasteiger partial charge is 0.341 e. The average molecular weight is 365 g/mol. The maximum absolute atomic E-state index is 12.3. The molecular formula is C17H19NO6S. The van der Waals surface area contributed by atoms with Gasteiger partial charge in [0.2, 0.25) is 0 Å². The zero-order chi connectivity index (χ0) is 18.2. The fourth-order valence-electron chi connectivity index (χ4n) is 2.05. The number of thiophene rings is 1. The van der Waals surface area contributed by atoms with E-state index >= 15 is 0 Å². The summed E-state index contributed by atoms with van der Waals surface area (Å²) in [6, 6.07) is 3.41. The van der Waals surface area contributed by atoms with Gasteiger partial charge in [-0.15, -0.1) is 11.3 Å². The molecule has 1 amide bonds. The standard InChI is InChI=1S/C17H19NO6S/c1-3-6-14(20)24-9-13(19)18-16-15(17(21)22-4-2)11(10-25-16)12-7-5-8-23-12/h5,7-8,10H,3-4,6,9H2,1-2H3,(H,18,19). The molecule has 7 nitrogen and oxygen atoms in total. The van der Waals surface area contributed by atoms with Gasteiger partial charge in [-0.25, -0.2) is 4.79 Å². The zero-order valence-electron chi connectivity index (χ0n) is 14.0. The molecule has 0 radical (unpaired) electrons. The molecule has 1 N–H and O–H groups in total. The van der Waals surface area contributed by atoms with Crippen LogP contribution in [0.15, 0.2) is 28.2 Å². The molecule has 0 atom stereocenters. The van der Waals surface area contributed by atoms with E-state index in [0.29, 0.717) is 22.7 Å². The summed E-state index contributed by atoms with van der Waals surface area (Å²) in [7, 11) is 0. The highest BCUT2D eigenvalue weighted by Crippen LogP contribution is 2.36. The Morgan fingerprint density at radius 2 is 2.04 bits per heavy atom. The number of hydrogen-bond acceptors (Lipinski definition) is 7. The Morgan fingerprint density at radius 1 is 1.24 bits per heavy atom. The van der Waals surface area contributed by atoms with Gasteiger partial charge in [-0.3, -0.25) is 9.59 Å². The Morgan fingerprint density at radius 3 is 2.68 bits per heavy atom. The quantitative estimate of drug-likeness (QED) is 0.720. The number of rotatable bonds is 8. The predicted octanol–water partition coefficient (Wildman–Crippen LogP) is 3.47. The highest BCUT2D eigenvalue weighted by Gasteiger charge is 2.24. The van der Waals surface area contributed by atoms with Gasteiger partial charge in [0.15, 0.2) is 6.61 Å². The maximum atomic E-state index is 12.3. The molecule has 0 aliphatic rings. The van der Waals surface area contributed by atoms with E-state index in [0.717, 1.165) is 0 Å². The number of amides is 1. The summed E-state index contributed by atoms with van der Waals surface area (Å²) >= 11 is 1.17. The SMILES string of the molecule is CCCC(=O)OCC(=O)Nc1scc(-c2ccco2)c1C(=O)OCC. The van der Waals surface area contributed by atoms with E-state index in [1.54, 1.807) is 24.4 Å². The van der Waals surface area contributed by atoms with E-state index in [1.807, 2.05) is 6.92 Å². The van der Waals surface area contributed by atoms with Crippen LogP contribution in [0.1, 0.15) is 37.0 Å².